The van der Waals surface area contributed by atoms with Crippen molar-refractivity contribution in [3.05, 3.63) is 23.4 Å². The number of carbonyl (C=O) groups excluding carboxylic acids is 1. The van der Waals surface area contributed by atoms with Crippen molar-refractivity contribution < 1.29 is 19.0 Å². The van der Waals surface area contributed by atoms with Gasteiger partial charge >= 0.3 is 0 Å². The smallest absolute Gasteiger partial charge is 0.275 e. The molecule has 0 fully saturated rings. The van der Waals surface area contributed by atoms with Gasteiger partial charge in [-0.25, -0.2) is 4.99 Å². The highest BCUT2D eigenvalue weighted by molar-refractivity contribution is 6.13. The third-order valence-electron chi connectivity index (χ3n) is 2.84. The van der Waals surface area contributed by atoms with Crippen LogP contribution in [0.5, 0.6) is 17.2 Å². The summed E-state index contributed by atoms with van der Waals surface area (Å²) < 4.78 is 15.8. The molecule has 2 rings (SSSR count). The van der Waals surface area contributed by atoms with Crippen LogP contribution in [0.1, 0.15) is 12.5 Å². The second kappa shape index (κ2) is 5.64. The number of ether oxygens (including phenoxy) is 3. The lowest BCUT2D eigenvalue weighted by molar-refractivity contribution is -0.115. The SMILES string of the molecule is COc1cc(OC)c(OC)cc1/C=C1/N=C(C)NC1=O. The molecule has 106 valence electrons. The summed E-state index contributed by atoms with van der Waals surface area (Å²) in [4.78, 5) is 15.8. The fourth-order valence-electron chi connectivity index (χ4n) is 1.90. The van der Waals surface area contributed by atoms with Crippen LogP contribution in [-0.4, -0.2) is 33.1 Å². The summed E-state index contributed by atoms with van der Waals surface area (Å²) in [5.41, 5.74) is 1.02. The van der Waals surface area contributed by atoms with E-state index in [0.717, 1.165) is 0 Å². The molecule has 1 aromatic carbocycles. The number of hydrogen-bond acceptors (Lipinski definition) is 5. The zero-order valence-corrected chi connectivity index (χ0v) is 11.8. The average molecular weight is 276 g/mol. The van der Waals surface area contributed by atoms with Crippen molar-refractivity contribution in [3.63, 3.8) is 0 Å². The van der Waals surface area contributed by atoms with Crippen molar-refractivity contribution in [2.24, 2.45) is 4.99 Å². The molecule has 1 N–H and O–H groups in total. The summed E-state index contributed by atoms with van der Waals surface area (Å²) in [5, 5.41) is 2.62. The molecule has 0 aliphatic carbocycles. The van der Waals surface area contributed by atoms with Gasteiger partial charge < -0.3 is 19.5 Å². The largest absolute Gasteiger partial charge is 0.496 e. The maximum Gasteiger partial charge on any atom is 0.275 e. The van der Waals surface area contributed by atoms with E-state index in [9.17, 15) is 4.79 Å². The monoisotopic (exact) mass is 276 g/mol. The lowest BCUT2D eigenvalue weighted by Crippen LogP contribution is -2.21. The number of rotatable bonds is 4. The molecule has 6 nitrogen and oxygen atoms in total. The summed E-state index contributed by atoms with van der Waals surface area (Å²) in [6.45, 7) is 1.73. The second-order valence-corrected chi connectivity index (χ2v) is 4.13. The van der Waals surface area contributed by atoms with Crippen LogP contribution in [0, 0.1) is 0 Å². The summed E-state index contributed by atoms with van der Waals surface area (Å²) in [7, 11) is 4.64. The van der Waals surface area contributed by atoms with Gasteiger partial charge in [0, 0.05) is 11.6 Å². The van der Waals surface area contributed by atoms with Crippen molar-refractivity contribution in [1.29, 1.82) is 0 Å². The first-order valence-corrected chi connectivity index (χ1v) is 5.97. The van der Waals surface area contributed by atoms with Crippen LogP contribution in [0.25, 0.3) is 6.08 Å². The number of amides is 1. The Bertz CT molecular complexity index is 605. The molecule has 0 aromatic heterocycles. The summed E-state index contributed by atoms with van der Waals surface area (Å²) in [5.74, 6) is 2.02. The lowest BCUT2D eigenvalue weighted by Gasteiger charge is -2.12. The first kappa shape index (κ1) is 13.9. The second-order valence-electron chi connectivity index (χ2n) is 4.13. The van der Waals surface area contributed by atoms with E-state index < -0.39 is 0 Å². The van der Waals surface area contributed by atoms with E-state index in [1.807, 2.05) is 0 Å². The topological polar surface area (TPSA) is 69.2 Å². The Balaban J connectivity index is 2.51. The minimum absolute atomic E-state index is 0.237. The molecule has 0 saturated carbocycles. The van der Waals surface area contributed by atoms with E-state index >= 15 is 0 Å². The summed E-state index contributed by atoms with van der Waals surface area (Å²) in [6, 6.07) is 3.44. The zero-order chi connectivity index (χ0) is 14.7. The molecule has 1 aromatic rings. The molecule has 0 unspecified atom stereocenters. The molecule has 1 heterocycles. The van der Waals surface area contributed by atoms with E-state index in [1.54, 1.807) is 46.5 Å². The van der Waals surface area contributed by atoms with E-state index in [1.165, 1.54) is 0 Å². The normalized spacial score (nSPS) is 15.9. The van der Waals surface area contributed by atoms with Gasteiger partial charge in [-0.1, -0.05) is 0 Å². The van der Waals surface area contributed by atoms with Gasteiger partial charge in [0.15, 0.2) is 11.5 Å². The third-order valence-corrected chi connectivity index (χ3v) is 2.84. The Hall–Kier alpha value is -2.50. The van der Waals surface area contributed by atoms with Gasteiger partial charge in [0.1, 0.15) is 17.3 Å². The molecule has 0 bridgehead atoms. The molecule has 0 spiro atoms. The zero-order valence-electron chi connectivity index (χ0n) is 11.8. The predicted molar refractivity (Wildman–Crippen MR) is 75.3 cm³/mol. The van der Waals surface area contributed by atoms with Crippen LogP contribution in [0.15, 0.2) is 22.8 Å². The molecular weight excluding hydrogens is 260 g/mol. The number of benzene rings is 1. The van der Waals surface area contributed by atoms with Gasteiger partial charge in [0.05, 0.1) is 21.3 Å². The standard InChI is InChI=1S/C14H16N2O4/c1-8-15-10(14(17)16-8)5-9-6-12(19-3)13(20-4)7-11(9)18-2/h5-7H,1-4H3,(H,15,16,17)/b10-5+. The summed E-state index contributed by atoms with van der Waals surface area (Å²) in [6.07, 6.45) is 1.65. The van der Waals surface area contributed by atoms with Crippen molar-refractivity contribution >= 4 is 17.8 Å². The maximum absolute atomic E-state index is 11.7. The third kappa shape index (κ3) is 2.59. The van der Waals surface area contributed by atoms with Crippen LogP contribution in [0.3, 0.4) is 0 Å². The van der Waals surface area contributed by atoms with Gasteiger partial charge in [-0.3, -0.25) is 4.79 Å². The van der Waals surface area contributed by atoms with E-state index in [4.69, 9.17) is 14.2 Å². The Morgan fingerprint density at radius 3 is 2.15 bits per heavy atom. The van der Waals surface area contributed by atoms with E-state index in [-0.39, 0.29) is 5.91 Å². The van der Waals surface area contributed by atoms with E-state index in [2.05, 4.69) is 10.3 Å². The van der Waals surface area contributed by atoms with Gasteiger partial charge in [-0.2, -0.15) is 0 Å². The first-order valence-electron chi connectivity index (χ1n) is 5.97. The highest BCUT2D eigenvalue weighted by Gasteiger charge is 2.18. The molecular formula is C14H16N2O4. The molecule has 20 heavy (non-hydrogen) atoms. The van der Waals surface area contributed by atoms with Crippen LogP contribution in [0.4, 0.5) is 0 Å². The Labute approximate surface area is 117 Å². The lowest BCUT2D eigenvalue weighted by atomic mass is 10.1. The first-order chi connectivity index (χ1) is 9.58. The van der Waals surface area contributed by atoms with Crippen LogP contribution < -0.4 is 19.5 Å². The van der Waals surface area contributed by atoms with Crippen molar-refractivity contribution in [2.75, 3.05) is 21.3 Å². The van der Waals surface area contributed by atoms with Crippen molar-refractivity contribution in [2.45, 2.75) is 6.92 Å². The molecule has 0 radical (unpaired) electrons. The Morgan fingerprint density at radius 1 is 1.05 bits per heavy atom. The molecule has 0 atom stereocenters. The minimum atomic E-state index is -0.237. The Kier molecular flexibility index (Phi) is 3.93. The van der Waals surface area contributed by atoms with Crippen LogP contribution in [-0.2, 0) is 4.79 Å². The van der Waals surface area contributed by atoms with Gasteiger partial charge in [0.2, 0.25) is 0 Å². The number of aliphatic imine (C=N–C) groups is 1. The number of carbonyl (C=O) groups is 1. The molecule has 1 aliphatic rings. The van der Waals surface area contributed by atoms with Gasteiger partial charge in [-0.15, -0.1) is 0 Å². The Morgan fingerprint density at radius 2 is 1.65 bits per heavy atom. The van der Waals surface area contributed by atoms with Crippen LogP contribution >= 0.6 is 0 Å². The van der Waals surface area contributed by atoms with Crippen molar-refractivity contribution in [1.82, 2.24) is 5.32 Å². The molecule has 1 aliphatic heterocycles. The molecule has 0 saturated heterocycles. The number of nitrogens with zero attached hydrogens (tertiary/aromatic N) is 1. The quantitative estimate of drug-likeness (QED) is 0.848. The fourth-order valence-corrected chi connectivity index (χ4v) is 1.90. The predicted octanol–water partition coefficient (Wildman–Crippen LogP) is 1.60. The highest BCUT2D eigenvalue weighted by Crippen LogP contribution is 2.35. The highest BCUT2D eigenvalue weighted by atomic mass is 16.5. The van der Waals surface area contributed by atoms with Crippen molar-refractivity contribution in [3.8, 4) is 17.2 Å². The minimum Gasteiger partial charge on any atom is -0.496 e. The number of nitrogens with one attached hydrogen (secondary N) is 1. The van der Waals surface area contributed by atoms with Crippen LogP contribution in [0.2, 0.25) is 0 Å². The van der Waals surface area contributed by atoms with Gasteiger partial charge in [-0.05, 0) is 19.1 Å². The number of hydrogen-bond donors (Lipinski definition) is 1. The molecule has 6 heteroatoms. The number of amidine groups is 1. The maximum atomic E-state index is 11.7. The number of methoxy groups -OCH3 is 3. The molecule has 1 amide bonds. The van der Waals surface area contributed by atoms with E-state index in [0.29, 0.717) is 34.3 Å². The summed E-state index contributed by atoms with van der Waals surface area (Å²) >= 11 is 0. The fraction of sp³-hybridized carbons (Fsp3) is 0.286. The van der Waals surface area contributed by atoms with Gasteiger partial charge in [0.25, 0.3) is 5.91 Å². The average Bonchev–Trinajstić information content (AvgIpc) is 2.76.